The van der Waals surface area contributed by atoms with Crippen molar-refractivity contribution in [3.8, 4) is 11.5 Å². The van der Waals surface area contributed by atoms with Crippen molar-refractivity contribution in [2.24, 2.45) is 5.73 Å². The van der Waals surface area contributed by atoms with Crippen LogP contribution in [0, 0.1) is 0 Å². The summed E-state index contributed by atoms with van der Waals surface area (Å²) in [7, 11) is 1.41. The number of nitrogens with two attached hydrogens (primary N) is 2. The summed E-state index contributed by atoms with van der Waals surface area (Å²) in [5.74, 6) is -0.227. The summed E-state index contributed by atoms with van der Waals surface area (Å²) in [6, 6.07) is 10.3. The Hall–Kier alpha value is -2.73. The highest BCUT2D eigenvalue weighted by atomic mass is 16.5. The summed E-state index contributed by atoms with van der Waals surface area (Å²) in [5, 5.41) is 9.72. The van der Waals surface area contributed by atoms with Gasteiger partial charge in [0.1, 0.15) is 0 Å². The highest BCUT2D eigenvalue weighted by molar-refractivity contribution is 6.11. The van der Waals surface area contributed by atoms with Crippen LogP contribution in [0.4, 0.5) is 11.4 Å². The first-order chi connectivity index (χ1) is 10.5. The summed E-state index contributed by atoms with van der Waals surface area (Å²) in [6.07, 6.45) is 0.154. The molecular weight excluding hydrogens is 282 g/mol. The average Bonchev–Trinajstić information content (AvgIpc) is 2.82. The normalized spacial score (nSPS) is 16.5. The zero-order chi connectivity index (χ0) is 15.9. The van der Waals surface area contributed by atoms with Gasteiger partial charge in [-0.15, -0.1) is 0 Å². The van der Waals surface area contributed by atoms with Gasteiger partial charge in [0, 0.05) is 23.9 Å². The lowest BCUT2D eigenvalue weighted by Gasteiger charge is -2.23. The molecule has 0 radical (unpaired) electrons. The smallest absolute Gasteiger partial charge is 0.261 e. The number of benzene rings is 2. The molecule has 0 spiro atoms. The number of phenolic OH excluding ortho intramolecular Hbond substituents is 1. The number of amides is 1. The van der Waals surface area contributed by atoms with Crippen LogP contribution in [0.3, 0.4) is 0 Å². The molecule has 1 aliphatic heterocycles. The topological polar surface area (TPSA) is 102 Å². The minimum Gasteiger partial charge on any atom is -0.504 e. The van der Waals surface area contributed by atoms with Crippen LogP contribution >= 0.6 is 0 Å². The summed E-state index contributed by atoms with van der Waals surface area (Å²) in [4.78, 5) is 14.4. The summed E-state index contributed by atoms with van der Waals surface area (Å²) >= 11 is 0. The molecule has 1 atom stereocenters. The Balaban J connectivity index is 2.05. The van der Waals surface area contributed by atoms with E-state index in [1.807, 2.05) is 24.3 Å². The van der Waals surface area contributed by atoms with Crippen molar-refractivity contribution in [1.29, 1.82) is 0 Å². The maximum atomic E-state index is 12.8. The average molecular weight is 299 g/mol. The lowest BCUT2D eigenvalue weighted by molar-refractivity contribution is 0.0981. The van der Waals surface area contributed by atoms with Gasteiger partial charge in [-0.05, 0) is 17.7 Å². The second kappa shape index (κ2) is 5.23. The standard InChI is InChI=1S/C16H17N3O3/c1-22-14-7-10(11(17)8-13(14)20)16(21)19-12-5-3-2-4-9(12)6-15(19)18/h2-5,7-8,15,20H,6,17-18H2,1H3/t15-/m0/s1. The molecule has 0 aromatic heterocycles. The number of rotatable bonds is 2. The number of nitrogen functional groups attached to an aromatic ring is 1. The third-order valence-electron chi connectivity index (χ3n) is 3.81. The van der Waals surface area contributed by atoms with Crippen LogP contribution in [0.15, 0.2) is 36.4 Å². The van der Waals surface area contributed by atoms with Gasteiger partial charge in [0.15, 0.2) is 11.5 Å². The monoisotopic (exact) mass is 299 g/mol. The van der Waals surface area contributed by atoms with E-state index < -0.39 is 6.17 Å². The van der Waals surface area contributed by atoms with Crippen LogP contribution < -0.4 is 21.1 Å². The van der Waals surface area contributed by atoms with E-state index in [-0.39, 0.29) is 28.7 Å². The number of methoxy groups -OCH3 is 1. The van der Waals surface area contributed by atoms with E-state index in [2.05, 4.69) is 0 Å². The van der Waals surface area contributed by atoms with E-state index in [9.17, 15) is 9.90 Å². The molecule has 6 nitrogen and oxygen atoms in total. The lowest BCUT2D eigenvalue weighted by Crippen LogP contribution is -2.43. The molecule has 2 aromatic carbocycles. The Bertz CT molecular complexity index is 745. The number of phenols is 1. The van der Waals surface area contributed by atoms with Crippen LogP contribution in [0.25, 0.3) is 0 Å². The van der Waals surface area contributed by atoms with E-state index >= 15 is 0 Å². The fraction of sp³-hybridized carbons (Fsp3) is 0.188. The first-order valence-corrected chi connectivity index (χ1v) is 6.86. The molecule has 1 aliphatic rings. The van der Waals surface area contributed by atoms with Crippen molar-refractivity contribution < 1.29 is 14.6 Å². The van der Waals surface area contributed by atoms with E-state index in [1.54, 1.807) is 0 Å². The van der Waals surface area contributed by atoms with Crippen LogP contribution in [-0.2, 0) is 6.42 Å². The van der Waals surface area contributed by atoms with Crippen molar-refractivity contribution >= 4 is 17.3 Å². The van der Waals surface area contributed by atoms with Crippen molar-refractivity contribution in [3.63, 3.8) is 0 Å². The van der Waals surface area contributed by atoms with Gasteiger partial charge in [0.25, 0.3) is 5.91 Å². The highest BCUT2D eigenvalue weighted by Gasteiger charge is 2.33. The minimum absolute atomic E-state index is 0.109. The van der Waals surface area contributed by atoms with Crippen molar-refractivity contribution in [3.05, 3.63) is 47.5 Å². The number of hydrogen-bond donors (Lipinski definition) is 3. The molecule has 0 aliphatic carbocycles. The third-order valence-corrected chi connectivity index (χ3v) is 3.81. The molecule has 1 heterocycles. The van der Waals surface area contributed by atoms with Gasteiger partial charge in [0.2, 0.25) is 0 Å². The van der Waals surface area contributed by atoms with Crippen LogP contribution in [0.5, 0.6) is 11.5 Å². The number of carbonyl (C=O) groups excluding carboxylic acids is 1. The number of nitrogens with zero attached hydrogens (tertiary/aromatic N) is 1. The number of ether oxygens (including phenoxy) is 1. The second-order valence-electron chi connectivity index (χ2n) is 5.19. The fourth-order valence-corrected chi connectivity index (χ4v) is 2.74. The Morgan fingerprint density at radius 3 is 2.82 bits per heavy atom. The molecular formula is C16H17N3O3. The number of fused-ring (bicyclic) bond motifs is 1. The molecule has 3 rings (SSSR count). The van der Waals surface area contributed by atoms with E-state index in [0.717, 1.165) is 11.3 Å². The first-order valence-electron chi connectivity index (χ1n) is 6.86. The summed E-state index contributed by atoms with van der Waals surface area (Å²) < 4.78 is 5.04. The predicted molar refractivity (Wildman–Crippen MR) is 84.0 cm³/mol. The number of anilines is 2. The summed E-state index contributed by atoms with van der Waals surface area (Å²) in [6.45, 7) is 0. The Kier molecular flexibility index (Phi) is 3.38. The Morgan fingerprint density at radius 2 is 2.09 bits per heavy atom. The number of hydrogen-bond acceptors (Lipinski definition) is 5. The zero-order valence-corrected chi connectivity index (χ0v) is 12.1. The van der Waals surface area contributed by atoms with Gasteiger partial charge >= 0.3 is 0 Å². The molecule has 0 bridgehead atoms. The van der Waals surface area contributed by atoms with Gasteiger partial charge in [-0.3, -0.25) is 9.69 Å². The van der Waals surface area contributed by atoms with Crippen molar-refractivity contribution in [1.82, 2.24) is 0 Å². The molecule has 22 heavy (non-hydrogen) atoms. The van der Waals surface area contributed by atoms with Gasteiger partial charge in [0.05, 0.1) is 18.8 Å². The van der Waals surface area contributed by atoms with E-state index in [4.69, 9.17) is 16.2 Å². The SMILES string of the molecule is COc1cc(C(=O)N2c3ccccc3C[C@H]2N)c(N)cc1O. The fourth-order valence-electron chi connectivity index (χ4n) is 2.74. The molecule has 0 fully saturated rings. The molecule has 0 unspecified atom stereocenters. The quantitative estimate of drug-likeness (QED) is 0.729. The molecule has 0 saturated carbocycles. The second-order valence-corrected chi connectivity index (χ2v) is 5.19. The van der Waals surface area contributed by atoms with E-state index in [0.29, 0.717) is 6.42 Å². The van der Waals surface area contributed by atoms with Gasteiger partial charge in [-0.1, -0.05) is 18.2 Å². The predicted octanol–water partition coefficient (Wildman–Crippen LogP) is 1.47. The van der Waals surface area contributed by atoms with Crippen molar-refractivity contribution in [2.45, 2.75) is 12.6 Å². The van der Waals surface area contributed by atoms with Gasteiger partial charge in [-0.25, -0.2) is 0 Å². The van der Waals surface area contributed by atoms with Gasteiger partial charge in [-0.2, -0.15) is 0 Å². The molecule has 5 N–H and O–H groups in total. The maximum absolute atomic E-state index is 12.8. The zero-order valence-electron chi connectivity index (χ0n) is 12.1. The van der Waals surface area contributed by atoms with Crippen LogP contribution in [0.1, 0.15) is 15.9 Å². The van der Waals surface area contributed by atoms with Crippen molar-refractivity contribution in [2.75, 3.05) is 17.7 Å². The largest absolute Gasteiger partial charge is 0.504 e. The molecule has 6 heteroatoms. The lowest BCUT2D eigenvalue weighted by atomic mass is 10.1. The maximum Gasteiger partial charge on any atom is 0.261 e. The molecule has 2 aromatic rings. The highest BCUT2D eigenvalue weighted by Crippen LogP contribution is 2.35. The number of para-hydroxylation sites is 1. The first kappa shape index (κ1) is 14.2. The van der Waals surface area contributed by atoms with E-state index in [1.165, 1.54) is 24.1 Å². The number of aromatic hydroxyl groups is 1. The molecule has 114 valence electrons. The van der Waals surface area contributed by atoms with Crippen LogP contribution in [0.2, 0.25) is 0 Å². The Labute approximate surface area is 127 Å². The molecule has 0 saturated heterocycles. The van der Waals surface area contributed by atoms with Crippen LogP contribution in [-0.4, -0.2) is 24.3 Å². The minimum atomic E-state index is -0.441. The Morgan fingerprint density at radius 1 is 1.36 bits per heavy atom. The molecule has 1 amide bonds. The third kappa shape index (κ3) is 2.14. The summed E-state index contributed by atoms with van der Waals surface area (Å²) in [5.41, 5.74) is 14.2. The van der Waals surface area contributed by atoms with Gasteiger partial charge < -0.3 is 21.3 Å². The number of carbonyl (C=O) groups is 1.